The summed E-state index contributed by atoms with van der Waals surface area (Å²) in [5.41, 5.74) is 2.43. The molecular formula is C12H16ClN. The van der Waals surface area contributed by atoms with E-state index in [9.17, 15) is 0 Å². The van der Waals surface area contributed by atoms with E-state index in [0.717, 1.165) is 0 Å². The van der Waals surface area contributed by atoms with Crippen LogP contribution in [0.25, 0.3) is 0 Å². The monoisotopic (exact) mass is 209 g/mol. The molecule has 1 aliphatic carbocycles. The van der Waals surface area contributed by atoms with Gasteiger partial charge in [-0.3, -0.25) is 0 Å². The maximum Gasteiger partial charge on any atom is 0.129 e. The summed E-state index contributed by atoms with van der Waals surface area (Å²) in [6.45, 7) is 2.08. The molecule has 0 saturated heterocycles. The Morgan fingerprint density at radius 1 is 1.21 bits per heavy atom. The fraction of sp³-hybridized carbons (Fsp3) is 0.583. The van der Waals surface area contributed by atoms with Crippen LogP contribution in [0.1, 0.15) is 49.3 Å². The first-order valence-electron chi connectivity index (χ1n) is 5.40. The first-order chi connectivity index (χ1) is 6.75. The molecule has 0 atom stereocenters. The van der Waals surface area contributed by atoms with Crippen LogP contribution in [-0.4, -0.2) is 4.98 Å². The van der Waals surface area contributed by atoms with Gasteiger partial charge in [-0.15, -0.1) is 0 Å². The molecule has 1 fully saturated rings. The second kappa shape index (κ2) is 4.31. The minimum atomic E-state index is 0.644. The lowest BCUT2D eigenvalue weighted by Crippen LogP contribution is -2.06. The first kappa shape index (κ1) is 9.97. The second-order valence-electron chi connectivity index (χ2n) is 4.23. The van der Waals surface area contributed by atoms with Crippen molar-refractivity contribution < 1.29 is 0 Å². The molecular weight excluding hydrogens is 194 g/mol. The zero-order valence-corrected chi connectivity index (χ0v) is 9.35. The highest BCUT2D eigenvalue weighted by atomic mass is 35.5. The fourth-order valence-electron chi connectivity index (χ4n) is 2.26. The molecule has 0 N–H and O–H groups in total. The van der Waals surface area contributed by atoms with E-state index < -0.39 is 0 Å². The lowest BCUT2D eigenvalue weighted by molar-refractivity contribution is 0.436. The topological polar surface area (TPSA) is 12.9 Å². The highest BCUT2D eigenvalue weighted by Crippen LogP contribution is 2.32. The predicted octanol–water partition coefficient (Wildman–Crippen LogP) is 4.09. The Balaban J connectivity index is 2.21. The minimum absolute atomic E-state index is 0.644. The summed E-state index contributed by atoms with van der Waals surface area (Å²) >= 11 is 5.96. The molecule has 0 radical (unpaired) electrons. The van der Waals surface area contributed by atoms with Gasteiger partial charge in [0.15, 0.2) is 0 Å². The third-order valence-electron chi connectivity index (χ3n) is 2.98. The summed E-state index contributed by atoms with van der Waals surface area (Å²) < 4.78 is 0. The summed E-state index contributed by atoms with van der Waals surface area (Å²) in [7, 11) is 0. The molecule has 0 spiro atoms. The zero-order valence-electron chi connectivity index (χ0n) is 8.59. The third-order valence-corrected chi connectivity index (χ3v) is 3.18. The Hall–Kier alpha value is -0.560. The molecule has 0 aliphatic heterocycles. The van der Waals surface area contributed by atoms with Gasteiger partial charge in [0.05, 0.1) is 0 Å². The molecule has 2 heteroatoms. The SMILES string of the molecule is Cc1cc(Cl)nc(C2CCCCC2)c1. The maximum absolute atomic E-state index is 5.96. The third kappa shape index (κ3) is 2.27. The van der Waals surface area contributed by atoms with Gasteiger partial charge in [-0.1, -0.05) is 30.9 Å². The Bertz CT molecular complexity index is 296. The number of halogens is 1. The Kier molecular flexibility index (Phi) is 3.07. The Morgan fingerprint density at radius 3 is 2.57 bits per heavy atom. The molecule has 0 bridgehead atoms. The molecule has 0 unspecified atom stereocenters. The number of aromatic nitrogens is 1. The van der Waals surface area contributed by atoms with Crippen molar-refractivity contribution in [1.29, 1.82) is 0 Å². The van der Waals surface area contributed by atoms with Crippen molar-refractivity contribution in [3.8, 4) is 0 Å². The number of rotatable bonds is 1. The van der Waals surface area contributed by atoms with Crippen molar-refractivity contribution in [2.45, 2.75) is 44.9 Å². The van der Waals surface area contributed by atoms with Crippen LogP contribution in [0.4, 0.5) is 0 Å². The molecule has 1 aliphatic rings. The van der Waals surface area contributed by atoms with Crippen molar-refractivity contribution in [3.63, 3.8) is 0 Å². The van der Waals surface area contributed by atoms with E-state index in [-0.39, 0.29) is 0 Å². The van der Waals surface area contributed by atoms with Gasteiger partial charge in [0.1, 0.15) is 5.15 Å². The van der Waals surface area contributed by atoms with Crippen molar-refractivity contribution in [2.24, 2.45) is 0 Å². The van der Waals surface area contributed by atoms with Crippen LogP contribution in [0.5, 0.6) is 0 Å². The zero-order chi connectivity index (χ0) is 9.97. The van der Waals surface area contributed by atoms with E-state index in [1.165, 1.54) is 43.4 Å². The molecule has 0 amide bonds. The van der Waals surface area contributed by atoms with Crippen LogP contribution in [0.15, 0.2) is 12.1 Å². The summed E-state index contributed by atoms with van der Waals surface area (Å²) in [4.78, 5) is 4.42. The van der Waals surface area contributed by atoms with E-state index in [4.69, 9.17) is 11.6 Å². The predicted molar refractivity (Wildman–Crippen MR) is 59.8 cm³/mol. The molecule has 2 rings (SSSR count). The van der Waals surface area contributed by atoms with E-state index in [0.29, 0.717) is 11.1 Å². The molecule has 1 aromatic heterocycles. The molecule has 1 aromatic rings. The molecule has 1 saturated carbocycles. The van der Waals surface area contributed by atoms with Crippen LogP contribution in [0.3, 0.4) is 0 Å². The molecule has 1 nitrogen and oxygen atoms in total. The van der Waals surface area contributed by atoms with E-state index in [1.807, 2.05) is 6.07 Å². The number of hydrogen-bond donors (Lipinski definition) is 0. The van der Waals surface area contributed by atoms with Crippen molar-refractivity contribution in [2.75, 3.05) is 0 Å². The quantitative estimate of drug-likeness (QED) is 0.635. The Morgan fingerprint density at radius 2 is 1.93 bits per heavy atom. The van der Waals surface area contributed by atoms with Crippen LogP contribution in [0.2, 0.25) is 5.15 Å². The van der Waals surface area contributed by atoms with Gasteiger partial charge in [-0.05, 0) is 37.5 Å². The minimum Gasteiger partial charge on any atom is -0.241 e. The largest absolute Gasteiger partial charge is 0.241 e. The molecule has 0 aromatic carbocycles. The van der Waals surface area contributed by atoms with Crippen LogP contribution >= 0.6 is 11.6 Å². The molecule has 1 heterocycles. The fourth-order valence-corrected chi connectivity index (χ4v) is 2.53. The van der Waals surface area contributed by atoms with Gasteiger partial charge in [-0.2, -0.15) is 0 Å². The van der Waals surface area contributed by atoms with Crippen LogP contribution in [0, 0.1) is 6.92 Å². The number of pyridine rings is 1. The summed E-state index contributed by atoms with van der Waals surface area (Å²) in [6.07, 6.45) is 6.64. The van der Waals surface area contributed by atoms with Gasteiger partial charge < -0.3 is 0 Å². The Labute approximate surface area is 90.5 Å². The van der Waals surface area contributed by atoms with Gasteiger partial charge in [0.25, 0.3) is 0 Å². The first-order valence-corrected chi connectivity index (χ1v) is 5.77. The molecule has 14 heavy (non-hydrogen) atoms. The average molecular weight is 210 g/mol. The van der Waals surface area contributed by atoms with Crippen molar-refractivity contribution >= 4 is 11.6 Å². The average Bonchev–Trinajstić information content (AvgIpc) is 2.18. The van der Waals surface area contributed by atoms with E-state index >= 15 is 0 Å². The highest BCUT2D eigenvalue weighted by molar-refractivity contribution is 6.29. The summed E-state index contributed by atoms with van der Waals surface area (Å²) in [5, 5.41) is 0.644. The normalized spacial score (nSPS) is 18.4. The van der Waals surface area contributed by atoms with Gasteiger partial charge in [-0.25, -0.2) is 4.98 Å². The van der Waals surface area contributed by atoms with E-state index in [1.54, 1.807) is 0 Å². The number of nitrogens with zero attached hydrogens (tertiary/aromatic N) is 1. The number of aryl methyl sites for hydroxylation is 1. The number of hydrogen-bond acceptors (Lipinski definition) is 1. The van der Waals surface area contributed by atoms with Crippen LogP contribution in [-0.2, 0) is 0 Å². The summed E-state index contributed by atoms with van der Waals surface area (Å²) in [5.74, 6) is 0.654. The molecule has 76 valence electrons. The standard InChI is InChI=1S/C12H16ClN/c1-9-7-11(14-12(13)8-9)10-5-3-2-4-6-10/h7-8,10H,2-6H2,1H3. The van der Waals surface area contributed by atoms with Gasteiger partial charge in [0, 0.05) is 11.6 Å². The van der Waals surface area contributed by atoms with Gasteiger partial charge >= 0.3 is 0 Å². The lowest BCUT2D eigenvalue weighted by Gasteiger charge is -2.21. The maximum atomic E-state index is 5.96. The summed E-state index contributed by atoms with van der Waals surface area (Å²) in [6, 6.07) is 4.11. The van der Waals surface area contributed by atoms with Crippen molar-refractivity contribution in [1.82, 2.24) is 4.98 Å². The smallest absolute Gasteiger partial charge is 0.129 e. The van der Waals surface area contributed by atoms with Crippen LogP contribution < -0.4 is 0 Å². The van der Waals surface area contributed by atoms with E-state index in [2.05, 4.69) is 18.0 Å². The van der Waals surface area contributed by atoms with Gasteiger partial charge in [0.2, 0.25) is 0 Å². The highest BCUT2D eigenvalue weighted by Gasteiger charge is 2.17. The second-order valence-corrected chi connectivity index (χ2v) is 4.61. The lowest BCUT2D eigenvalue weighted by atomic mass is 9.86. The van der Waals surface area contributed by atoms with Crippen molar-refractivity contribution in [3.05, 3.63) is 28.5 Å².